The van der Waals surface area contributed by atoms with Crippen molar-refractivity contribution in [1.29, 1.82) is 0 Å². The molecule has 1 aliphatic carbocycles. The Labute approximate surface area is 406 Å². The van der Waals surface area contributed by atoms with Crippen LogP contribution in [0.15, 0.2) is 245 Å². The zero-order valence-corrected chi connectivity index (χ0v) is 38.8. The summed E-state index contributed by atoms with van der Waals surface area (Å²) in [7, 11) is 0. The van der Waals surface area contributed by atoms with E-state index in [0.717, 1.165) is 94.0 Å². The van der Waals surface area contributed by atoms with Gasteiger partial charge in [-0.3, -0.25) is 0 Å². The molecule has 0 N–H and O–H groups in total. The second kappa shape index (κ2) is 15.6. The van der Waals surface area contributed by atoms with E-state index in [9.17, 15) is 0 Å². The van der Waals surface area contributed by atoms with Crippen molar-refractivity contribution in [3.63, 3.8) is 0 Å². The zero-order valence-electron chi connectivity index (χ0n) is 38.8. The summed E-state index contributed by atoms with van der Waals surface area (Å²) in [5.41, 5.74) is 21.2. The molecule has 14 rings (SSSR count). The molecule has 70 heavy (non-hydrogen) atoms. The Morgan fingerprint density at radius 3 is 1.56 bits per heavy atom. The number of anilines is 3. The van der Waals surface area contributed by atoms with Crippen molar-refractivity contribution in [2.24, 2.45) is 0 Å². The lowest BCUT2D eigenvalue weighted by atomic mass is 9.82. The number of rotatable bonds is 7. The molecule has 13 aromatic rings. The molecule has 0 amide bonds. The van der Waals surface area contributed by atoms with E-state index in [1.165, 1.54) is 44.5 Å². The van der Waals surface area contributed by atoms with Gasteiger partial charge in [0.05, 0.1) is 0 Å². The third-order valence-corrected chi connectivity index (χ3v) is 14.9. The second-order valence-electron chi connectivity index (χ2n) is 19.2. The Balaban J connectivity index is 0.943. The molecule has 0 spiro atoms. The van der Waals surface area contributed by atoms with Gasteiger partial charge in [-0.2, -0.15) is 0 Å². The highest BCUT2D eigenvalue weighted by Gasteiger charge is 2.36. The Morgan fingerprint density at radius 2 is 0.800 bits per heavy atom. The molecule has 0 fully saturated rings. The van der Waals surface area contributed by atoms with Crippen molar-refractivity contribution >= 4 is 71.7 Å². The van der Waals surface area contributed by atoms with E-state index < -0.39 is 0 Å². The van der Waals surface area contributed by atoms with Crippen LogP contribution in [0.3, 0.4) is 0 Å². The van der Waals surface area contributed by atoms with Gasteiger partial charge in [-0.1, -0.05) is 202 Å². The lowest BCUT2D eigenvalue weighted by molar-refractivity contribution is 0.660. The average Bonchev–Trinajstić information content (AvgIpc) is 4.07. The molecule has 2 aromatic heterocycles. The summed E-state index contributed by atoms with van der Waals surface area (Å²) in [5.74, 6) is 0. The maximum atomic E-state index is 6.79. The van der Waals surface area contributed by atoms with Gasteiger partial charge in [0, 0.05) is 60.5 Å². The average molecular weight is 896 g/mol. The van der Waals surface area contributed by atoms with Crippen molar-refractivity contribution in [2.75, 3.05) is 4.90 Å². The number of para-hydroxylation sites is 3. The van der Waals surface area contributed by atoms with Gasteiger partial charge in [-0.15, -0.1) is 0 Å². The molecule has 0 saturated carbocycles. The van der Waals surface area contributed by atoms with Crippen LogP contribution in [0.1, 0.15) is 25.0 Å². The van der Waals surface area contributed by atoms with Crippen LogP contribution in [0, 0.1) is 0 Å². The normalized spacial score (nSPS) is 12.8. The molecule has 0 unspecified atom stereocenters. The van der Waals surface area contributed by atoms with Crippen LogP contribution in [-0.2, 0) is 5.41 Å². The number of furan rings is 2. The molecule has 330 valence electrons. The Morgan fingerprint density at radius 1 is 0.314 bits per heavy atom. The van der Waals surface area contributed by atoms with Crippen molar-refractivity contribution in [2.45, 2.75) is 19.3 Å². The lowest BCUT2D eigenvalue weighted by Gasteiger charge is -2.28. The van der Waals surface area contributed by atoms with Crippen LogP contribution < -0.4 is 4.90 Å². The largest absolute Gasteiger partial charge is 0.455 e. The number of hydrogen-bond acceptors (Lipinski definition) is 3. The smallest absolute Gasteiger partial charge is 0.143 e. The molecular formula is C67H45NO2. The highest BCUT2D eigenvalue weighted by atomic mass is 16.3. The fourth-order valence-electron chi connectivity index (χ4n) is 11.5. The quantitative estimate of drug-likeness (QED) is 0.160. The molecule has 0 radical (unpaired) electrons. The molecule has 0 bridgehead atoms. The van der Waals surface area contributed by atoms with Gasteiger partial charge in [0.15, 0.2) is 0 Å². The summed E-state index contributed by atoms with van der Waals surface area (Å²) in [6.45, 7) is 4.70. The van der Waals surface area contributed by atoms with Crippen LogP contribution in [0.2, 0.25) is 0 Å². The summed E-state index contributed by atoms with van der Waals surface area (Å²) < 4.78 is 13.3. The molecule has 1 aliphatic rings. The topological polar surface area (TPSA) is 29.5 Å². The van der Waals surface area contributed by atoms with Gasteiger partial charge in [0.25, 0.3) is 0 Å². The second-order valence-corrected chi connectivity index (χ2v) is 19.2. The maximum Gasteiger partial charge on any atom is 0.143 e. The number of hydrogen-bond donors (Lipinski definition) is 0. The monoisotopic (exact) mass is 895 g/mol. The Bertz CT molecular complexity index is 4180. The predicted octanol–water partition coefficient (Wildman–Crippen LogP) is 19.1. The lowest BCUT2D eigenvalue weighted by Crippen LogP contribution is -2.16. The minimum Gasteiger partial charge on any atom is -0.455 e. The van der Waals surface area contributed by atoms with E-state index >= 15 is 0 Å². The van der Waals surface area contributed by atoms with Crippen LogP contribution in [0.5, 0.6) is 0 Å². The molecule has 11 aromatic carbocycles. The fraction of sp³-hybridized carbons (Fsp3) is 0.0448. The van der Waals surface area contributed by atoms with Gasteiger partial charge in [0.1, 0.15) is 22.3 Å². The molecule has 0 aliphatic heterocycles. The van der Waals surface area contributed by atoms with Crippen molar-refractivity contribution in [1.82, 2.24) is 0 Å². The van der Waals surface area contributed by atoms with Gasteiger partial charge in [-0.25, -0.2) is 0 Å². The first-order valence-corrected chi connectivity index (χ1v) is 24.2. The minimum absolute atomic E-state index is 0.154. The van der Waals surface area contributed by atoms with Gasteiger partial charge in [0.2, 0.25) is 0 Å². The fourth-order valence-corrected chi connectivity index (χ4v) is 11.5. The van der Waals surface area contributed by atoms with E-state index in [0.29, 0.717) is 0 Å². The van der Waals surface area contributed by atoms with Gasteiger partial charge >= 0.3 is 0 Å². The van der Waals surface area contributed by atoms with Crippen LogP contribution >= 0.6 is 0 Å². The third kappa shape index (κ3) is 6.15. The third-order valence-electron chi connectivity index (χ3n) is 14.9. The minimum atomic E-state index is -0.154. The molecule has 2 heterocycles. The number of fused-ring (bicyclic) bond motifs is 11. The summed E-state index contributed by atoms with van der Waals surface area (Å²) >= 11 is 0. The first-order valence-electron chi connectivity index (χ1n) is 24.2. The SMILES string of the molecule is CC1(C)c2ccccc2-c2ccc(N(c3ccc(-c4c(-c5ccc(-c6ccccc6)cc5)c5c6ccccc6oc5c5ccccc45)cc3)c3ccc(-c4cccc5c4oc4ccccc45)cc3)cc21. The molecule has 3 nitrogen and oxygen atoms in total. The van der Waals surface area contributed by atoms with Crippen molar-refractivity contribution in [3.8, 4) is 55.6 Å². The van der Waals surface area contributed by atoms with E-state index in [1.807, 2.05) is 12.1 Å². The standard InChI is InChI=1S/C67H45NO2/c1-67(2)58-24-11-8-17-51(58)52-40-39-49(41-59(52)67)68(47-35-31-44(32-36-47)50-22-14-23-55-53-18-9-12-25-60(53)69-65(50)55)48-37-33-45(34-38-48)62-54-19-6-7-20-56(54)66-64(57-21-10-13-26-61(57)70-66)63(62)46-29-27-43(28-30-46)42-15-4-3-5-16-42/h3-41H,1-2H3. The number of nitrogens with zero attached hydrogens (tertiary/aromatic N) is 1. The van der Waals surface area contributed by atoms with E-state index in [-0.39, 0.29) is 5.41 Å². The van der Waals surface area contributed by atoms with Crippen LogP contribution in [-0.4, -0.2) is 0 Å². The Kier molecular flexibility index (Phi) is 8.93. The van der Waals surface area contributed by atoms with Crippen molar-refractivity contribution in [3.05, 3.63) is 248 Å². The summed E-state index contributed by atoms with van der Waals surface area (Å²) in [5, 5.41) is 6.74. The molecule has 3 heteroatoms. The van der Waals surface area contributed by atoms with E-state index in [1.54, 1.807) is 0 Å². The zero-order chi connectivity index (χ0) is 46.5. The van der Waals surface area contributed by atoms with Crippen molar-refractivity contribution < 1.29 is 8.83 Å². The van der Waals surface area contributed by atoms with Gasteiger partial charge < -0.3 is 13.7 Å². The highest BCUT2D eigenvalue weighted by Crippen LogP contribution is 2.52. The number of benzene rings is 11. The predicted molar refractivity (Wildman–Crippen MR) is 292 cm³/mol. The van der Waals surface area contributed by atoms with Crippen LogP contribution in [0.4, 0.5) is 17.1 Å². The molecular weight excluding hydrogens is 851 g/mol. The maximum absolute atomic E-state index is 6.79. The van der Waals surface area contributed by atoms with E-state index in [2.05, 4.69) is 243 Å². The van der Waals surface area contributed by atoms with E-state index in [4.69, 9.17) is 8.83 Å². The van der Waals surface area contributed by atoms with Crippen LogP contribution in [0.25, 0.3) is 110 Å². The molecule has 0 atom stereocenters. The molecule has 0 saturated heterocycles. The highest BCUT2D eigenvalue weighted by molar-refractivity contribution is 6.26. The first-order chi connectivity index (χ1) is 34.5. The van der Waals surface area contributed by atoms with Gasteiger partial charge in [-0.05, 0) is 110 Å². The summed E-state index contributed by atoms with van der Waals surface area (Å²) in [6.07, 6.45) is 0. The first kappa shape index (κ1) is 40.2. The summed E-state index contributed by atoms with van der Waals surface area (Å²) in [4.78, 5) is 2.41. The summed E-state index contributed by atoms with van der Waals surface area (Å²) in [6, 6.07) is 85.6. The Hall–Kier alpha value is -8.92.